The molecule has 41 heavy (non-hydrogen) atoms. The smallest absolute Gasteiger partial charge is 0.299 e. The number of para-hydroxylation sites is 1. The second-order valence-corrected chi connectivity index (χ2v) is 10.4. The molecule has 0 spiro atoms. The molecule has 0 aliphatic carbocycles. The first-order valence-corrected chi connectivity index (χ1v) is 13.3. The minimum Gasteiger partial charge on any atom is -0.383 e. The number of nitrogens with zero attached hydrogens (tertiary/aromatic N) is 7. The molecule has 1 saturated heterocycles. The Morgan fingerprint density at radius 1 is 1.02 bits per heavy atom. The van der Waals surface area contributed by atoms with Crippen molar-refractivity contribution in [2.45, 2.75) is 17.9 Å². The van der Waals surface area contributed by atoms with Gasteiger partial charge in [-0.15, -0.1) is 5.11 Å². The molecule has 4 aromatic rings. The van der Waals surface area contributed by atoms with Crippen LogP contribution in [-0.4, -0.2) is 56.3 Å². The summed E-state index contributed by atoms with van der Waals surface area (Å²) in [6.07, 6.45) is 1.08. The number of hydrazine groups is 1. The van der Waals surface area contributed by atoms with Crippen molar-refractivity contribution in [3.05, 3.63) is 82.4 Å². The van der Waals surface area contributed by atoms with Crippen molar-refractivity contribution in [3.63, 3.8) is 0 Å². The van der Waals surface area contributed by atoms with E-state index >= 15 is 0 Å². The first-order chi connectivity index (χ1) is 19.4. The average Bonchev–Trinajstić information content (AvgIpc) is 3.53. The van der Waals surface area contributed by atoms with E-state index in [4.69, 9.17) is 10.9 Å². The predicted molar refractivity (Wildman–Crippen MR) is 143 cm³/mol. The number of hydrogen-bond donors (Lipinski definition) is 3. The van der Waals surface area contributed by atoms with Gasteiger partial charge in [-0.3, -0.25) is 29.3 Å². The van der Waals surface area contributed by atoms with E-state index in [-0.39, 0.29) is 22.0 Å². The Labute approximate surface area is 231 Å². The Hall–Kier alpha value is -5.42. The molecule has 16 nitrogen and oxygen atoms in total. The van der Waals surface area contributed by atoms with Crippen LogP contribution >= 0.6 is 0 Å². The third-order valence-corrected chi connectivity index (χ3v) is 7.30. The maximum absolute atomic E-state index is 13.1. The van der Waals surface area contributed by atoms with E-state index in [2.05, 4.69) is 20.8 Å². The predicted octanol–water partition coefficient (Wildman–Crippen LogP) is 0.0658. The molecule has 5 rings (SSSR count). The Morgan fingerprint density at radius 2 is 1.68 bits per heavy atom. The number of primary sulfonamides is 1. The summed E-state index contributed by atoms with van der Waals surface area (Å²) in [5.74, 6) is -3.15. The SMILES string of the molecule is Cc1c(N=NC2C(=O)NN(C(=O)c3cnn(-c4ccc(S(N)(=O)=O)cc4)c3N)C2=O)c(=O)n(-c2ccccc2)n1C. The lowest BCUT2D eigenvalue weighted by Crippen LogP contribution is -2.41. The molecule has 1 aliphatic heterocycles. The topological polar surface area (TPSA) is 222 Å². The van der Waals surface area contributed by atoms with Gasteiger partial charge in [0.2, 0.25) is 16.1 Å². The number of carbonyl (C=O) groups excluding carboxylic acids is 3. The van der Waals surface area contributed by atoms with Crippen molar-refractivity contribution in [2.75, 3.05) is 5.73 Å². The van der Waals surface area contributed by atoms with E-state index in [0.717, 1.165) is 10.9 Å². The van der Waals surface area contributed by atoms with E-state index in [0.29, 0.717) is 22.1 Å². The van der Waals surface area contributed by atoms with Crippen LogP contribution < -0.4 is 21.9 Å². The second kappa shape index (κ2) is 9.96. The summed E-state index contributed by atoms with van der Waals surface area (Å²) in [4.78, 5) is 51.6. The minimum atomic E-state index is -3.92. The van der Waals surface area contributed by atoms with Gasteiger partial charge in [-0.2, -0.15) is 15.2 Å². The number of aromatic nitrogens is 4. The van der Waals surface area contributed by atoms with Crippen molar-refractivity contribution in [3.8, 4) is 11.4 Å². The van der Waals surface area contributed by atoms with Gasteiger partial charge in [0, 0.05) is 7.05 Å². The fourth-order valence-corrected chi connectivity index (χ4v) is 4.64. The molecule has 2 aromatic carbocycles. The first kappa shape index (κ1) is 27.2. The van der Waals surface area contributed by atoms with Crippen LogP contribution in [0.5, 0.6) is 0 Å². The molecule has 1 fully saturated rings. The number of nitrogens with one attached hydrogen (secondary N) is 1. The lowest BCUT2D eigenvalue weighted by Gasteiger charge is -2.12. The number of nitrogen functional groups attached to an aromatic ring is 1. The molecule has 1 unspecified atom stereocenters. The van der Waals surface area contributed by atoms with Crippen molar-refractivity contribution in [1.29, 1.82) is 0 Å². The Morgan fingerprint density at radius 3 is 2.32 bits per heavy atom. The summed E-state index contributed by atoms with van der Waals surface area (Å²) >= 11 is 0. The van der Waals surface area contributed by atoms with E-state index in [1.807, 2.05) is 0 Å². The molecule has 210 valence electrons. The van der Waals surface area contributed by atoms with E-state index in [9.17, 15) is 27.6 Å². The first-order valence-electron chi connectivity index (χ1n) is 11.8. The second-order valence-electron chi connectivity index (χ2n) is 8.88. The van der Waals surface area contributed by atoms with Crippen LogP contribution in [0.4, 0.5) is 11.5 Å². The number of sulfonamides is 1. The van der Waals surface area contributed by atoms with Gasteiger partial charge in [-0.05, 0) is 43.3 Å². The van der Waals surface area contributed by atoms with Crippen LogP contribution in [-0.2, 0) is 26.7 Å². The van der Waals surface area contributed by atoms with Crippen LogP contribution in [0.2, 0.25) is 0 Å². The molecule has 3 amide bonds. The lowest BCUT2D eigenvalue weighted by atomic mass is 10.2. The molecule has 0 bridgehead atoms. The highest BCUT2D eigenvalue weighted by atomic mass is 32.2. The fraction of sp³-hybridized carbons (Fsp3) is 0.125. The highest BCUT2D eigenvalue weighted by Crippen LogP contribution is 2.23. The van der Waals surface area contributed by atoms with Gasteiger partial charge in [0.05, 0.1) is 28.2 Å². The van der Waals surface area contributed by atoms with Gasteiger partial charge in [0.15, 0.2) is 5.69 Å². The molecular weight excluding hydrogens is 556 g/mol. The summed E-state index contributed by atoms with van der Waals surface area (Å²) in [6.45, 7) is 1.63. The summed E-state index contributed by atoms with van der Waals surface area (Å²) in [5, 5.41) is 17.3. The van der Waals surface area contributed by atoms with Gasteiger partial charge in [0.1, 0.15) is 11.4 Å². The number of amides is 3. The molecule has 3 heterocycles. The number of azo groups is 1. The number of rotatable bonds is 6. The van der Waals surface area contributed by atoms with Crippen molar-refractivity contribution in [1.82, 2.24) is 29.6 Å². The van der Waals surface area contributed by atoms with Crippen molar-refractivity contribution >= 4 is 39.3 Å². The van der Waals surface area contributed by atoms with E-state index < -0.39 is 39.3 Å². The van der Waals surface area contributed by atoms with Gasteiger partial charge in [0.25, 0.3) is 23.3 Å². The van der Waals surface area contributed by atoms with Crippen LogP contribution in [0.25, 0.3) is 11.4 Å². The maximum atomic E-state index is 13.1. The molecule has 2 aromatic heterocycles. The molecule has 0 radical (unpaired) electrons. The highest BCUT2D eigenvalue weighted by molar-refractivity contribution is 7.89. The number of carbonyl (C=O) groups is 3. The summed E-state index contributed by atoms with van der Waals surface area (Å²) in [7, 11) is -2.28. The molecule has 5 N–H and O–H groups in total. The third-order valence-electron chi connectivity index (χ3n) is 6.37. The number of hydrogen-bond acceptors (Lipinski definition) is 10. The molecule has 17 heteroatoms. The van der Waals surface area contributed by atoms with Crippen LogP contribution in [0.1, 0.15) is 16.1 Å². The molecule has 1 atom stereocenters. The maximum Gasteiger partial charge on any atom is 0.299 e. The summed E-state index contributed by atoms with van der Waals surface area (Å²) < 4.78 is 27.0. The van der Waals surface area contributed by atoms with Crippen LogP contribution in [0, 0.1) is 6.92 Å². The normalized spacial score (nSPS) is 15.6. The van der Waals surface area contributed by atoms with Gasteiger partial charge >= 0.3 is 0 Å². The Balaban J connectivity index is 1.38. The average molecular weight is 579 g/mol. The van der Waals surface area contributed by atoms with Crippen molar-refractivity contribution < 1.29 is 22.8 Å². The lowest BCUT2D eigenvalue weighted by molar-refractivity contribution is -0.127. The Bertz CT molecular complexity index is 1910. The fourth-order valence-electron chi connectivity index (χ4n) is 4.12. The van der Waals surface area contributed by atoms with Gasteiger partial charge < -0.3 is 5.73 Å². The van der Waals surface area contributed by atoms with Gasteiger partial charge in [-0.25, -0.2) is 22.9 Å². The zero-order valence-corrected chi connectivity index (χ0v) is 22.3. The van der Waals surface area contributed by atoms with E-state index in [1.54, 1.807) is 49.0 Å². The number of anilines is 1. The quantitative estimate of drug-likeness (QED) is 0.161. The van der Waals surface area contributed by atoms with Crippen LogP contribution in [0.15, 0.2) is 80.7 Å². The zero-order chi connectivity index (χ0) is 29.6. The minimum absolute atomic E-state index is 0.0827. The zero-order valence-electron chi connectivity index (χ0n) is 21.5. The molecular formula is C24H22N10O6S. The summed E-state index contributed by atoms with van der Waals surface area (Å²) in [6, 6.07) is 12.3. The molecule has 0 saturated carbocycles. The number of benzene rings is 2. The van der Waals surface area contributed by atoms with Crippen LogP contribution in [0.3, 0.4) is 0 Å². The number of nitrogens with two attached hydrogens (primary N) is 2. The van der Waals surface area contributed by atoms with Crippen molar-refractivity contribution in [2.24, 2.45) is 22.4 Å². The van der Waals surface area contributed by atoms with E-state index in [1.165, 1.54) is 28.9 Å². The third kappa shape index (κ3) is 4.68. The highest BCUT2D eigenvalue weighted by Gasteiger charge is 2.44. The monoisotopic (exact) mass is 578 g/mol. The standard InChI is InChI=1S/C24H22N10O6S/c1-13-18(24(38)34(31(13)2)15-6-4-3-5-7-15)28-29-19-21(35)30-33(23(19)37)22(36)17-12-27-32(20(17)25)14-8-10-16(11-9-14)41(26,39)40/h3-12,19H,25H2,1-2H3,(H,30,35)(H2,26,39,40). The largest absolute Gasteiger partial charge is 0.383 e. The Kier molecular flexibility index (Phi) is 6.60. The van der Waals surface area contributed by atoms with Gasteiger partial charge in [-0.1, -0.05) is 18.2 Å². The number of imide groups is 1. The summed E-state index contributed by atoms with van der Waals surface area (Å²) in [5.41, 5.74) is 8.70. The molecule has 1 aliphatic rings.